The zero-order valence-electron chi connectivity index (χ0n) is 17.1. The molecule has 11 atom stereocenters. The Morgan fingerprint density at radius 2 is 1.83 bits per heavy atom. The Hall–Kier alpha value is -1.07. The van der Waals surface area contributed by atoms with E-state index < -0.39 is 42.7 Å². The highest BCUT2D eigenvalue weighted by Gasteiger charge is 2.61. The summed E-state index contributed by atoms with van der Waals surface area (Å²) in [6.07, 6.45) is -4.78. The smallest absolute Gasteiger partial charge is 0.334 e. The average molecular weight is 428 g/mol. The van der Waals surface area contributed by atoms with Crippen molar-refractivity contribution in [3.05, 3.63) is 12.2 Å². The number of hydrogen-bond donors (Lipinski definition) is 5. The molecule has 30 heavy (non-hydrogen) atoms. The van der Waals surface area contributed by atoms with Crippen molar-refractivity contribution in [3.8, 4) is 0 Å². The quantitative estimate of drug-likeness (QED) is 0.284. The van der Waals surface area contributed by atoms with Crippen LogP contribution in [0.4, 0.5) is 0 Å². The van der Waals surface area contributed by atoms with Gasteiger partial charge in [-0.2, -0.15) is 0 Å². The second-order valence-corrected chi connectivity index (χ2v) is 9.41. The molecular formula is C21H32O9. The van der Waals surface area contributed by atoms with E-state index in [4.69, 9.17) is 14.2 Å². The number of aliphatic hydroxyl groups excluding tert-OH is 5. The number of hydrogen-bond acceptors (Lipinski definition) is 9. The van der Waals surface area contributed by atoms with Crippen molar-refractivity contribution in [2.45, 2.75) is 75.5 Å². The minimum absolute atomic E-state index is 0.0275. The molecule has 4 rings (SSSR count). The van der Waals surface area contributed by atoms with E-state index in [-0.39, 0.29) is 42.5 Å². The van der Waals surface area contributed by atoms with Gasteiger partial charge < -0.3 is 39.7 Å². The Morgan fingerprint density at radius 3 is 2.50 bits per heavy atom. The van der Waals surface area contributed by atoms with E-state index >= 15 is 0 Å². The lowest BCUT2D eigenvalue weighted by Gasteiger charge is -2.56. The van der Waals surface area contributed by atoms with E-state index in [1.54, 1.807) is 0 Å². The number of esters is 1. The van der Waals surface area contributed by atoms with Crippen LogP contribution in [-0.4, -0.2) is 87.6 Å². The van der Waals surface area contributed by atoms with E-state index in [0.717, 1.165) is 0 Å². The summed E-state index contributed by atoms with van der Waals surface area (Å²) in [5.74, 6) is -0.664. The topological polar surface area (TPSA) is 146 Å². The van der Waals surface area contributed by atoms with E-state index in [1.165, 1.54) is 0 Å². The van der Waals surface area contributed by atoms with Crippen molar-refractivity contribution in [3.63, 3.8) is 0 Å². The lowest BCUT2D eigenvalue weighted by atomic mass is 9.52. The summed E-state index contributed by atoms with van der Waals surface area (Å²) >= 11 is 0. The van der Waals surface area contributed by atoms with Crippen LogP contribution in [0.15, 0.2) is 12.2 Å². The Balaban J connectivity index is 1.58. The maximum Gasteiger partial charge on any atom is 0.334 e. The van der Waals surface area contributed by atoms with E-state index in [0.29, 0.717) is 31.3 Å². The lowest BCUT2D eigenvalue weighted by molar-refractivity contribution is -0.329. The third-order valence-corrected chi connectivity index (χ3v) is 7.88. The zero-order chi connectivity index (χ0) is 21.8. The van der Waals surface area contributed by atoms with Crippen LogP contribution in [0.2, 0.25) is 0 Å². The summed E-state index contributed by atoms with van der Waals surface area (Å²) in [6.45, 7) is 5.38. The molecule has 4 fully saturated rings. The number of carbonyl (C=O) groups excluding carboxylic acids is 1. The predicted molar refractivity (Wildman–Crippen MR) is 102 cm³/mol. The van der Waals surface area contributed by atoms with E-state index in [9.17, 15) is 30.3 Å². The van der Waals surface area contributed by atoms with Crippen molar-refractivity contribution in [2.24, 2.45) is 23.2 Å². The van der Waals surface area contributed by atoms with Gasteiger partial charge >= 0.3 is 5.97 Å². The first-order chi connectivity index (χ1) is 14.2. The monoisotopic (exact) mass is 428 g/mol. The van der Waals surface area contributed by atoms with Gasteiger partial charge in [-0.05, 0) is 31.6 Å². The molecule has 0 aromatic carbocycles. The second-order valence-electron chi connectivity index (χ2n) is 9.41. The molecular weight excluding hydrogens is 396 g/mol. The lowest BCUT2D eigenvalue weighted by Crippen LogP contribution is -2.62. The van der Waals surface area contributed by atoms with Gasteiger partial charge in [0, 0.05) is 29.4 Å². The molecule has 2 aliphatic carbocycles. The molecule has 2 aliphatic heterocycles. The maximum atomic E-state index is 12.1. The van der Waals surface area contributed by atoms with Gasteiger partial charge in [0.05, 0.1) is 12.7 Å². The molecule has 9 heteroatoms. The molecule has 2 saturated heterocycles. The standard InChI is InChI=1S/C21H32O9/c1-9-11-5-6-21(2)13(4-3-10(7-22)14(21)18(11)30-19(9)27)29-20-17(26)16(25)15(24)12(8-23)28-20/h10-18,20,22-26H,1,3-8H2,2H3/t10-,11-,12+,13+,14+,15+,16-,17+,18-,20+,21-/m0/s1. The van der Waals surface area contributed by atoms with Gasteiger partial charge in [0.2, 0.25) is 0 Å². The second kappa shape index (κ2) is 8.12. The van der Waals surface area contributed by atoms with Crippen molar-refractivity contribution < 1.29 is 44.5 Å². The van der Waals surface area contributed by atoms with Gasteiger partial charge in [0.15, 0.2) is 6.29 Å². The van der Waals surface area contributed by atoms with Crippen LogP contribution in [0, 0.1) is 23.2 Å². The van der Waals surface area contributed by atoms with Gasteiger partial charge in [0.1, 0.15) is 30.5 Å². The fourth-order valence-corrected chi connectivity index (χ4v) is 6.13. The van der Waals surface area contributed by atoms with E-state index in [1.807, 2.05) is 6.92 Å². The number of ether oxygens (including phenoxy) is 3. The fraction of sp³-hybridized carbons (Fsp3) is 0.857. The van der Waals surface area contributed by atoms with Gasteiger partial charge in [-0.15, -0.1) is 0 Å². The number of carbonyl (C=O) groups is 1. The molecule has 0 spiro atoms. The fourth-order valence-electron chi connectivity index (χ4n) is 6.13. The highest BCUT2D eigenvalue weighted by Crippen LogP contribution is 2.58. The predicted octanol–water partition coefficient (Wildman–Crippen LogP) is -0.912. The minimum Gasteiger partial charge on any atom is -0.458 e. The zero-order valence-corrected chi connectivity index (χ0v) is 17.1. The summed E-state index contributed by atoms with van der Waals surface area (Å²) in [4.78, 5) is 12.1. The van der Waals surface area contributed by atoms with Crippen LogP contribution in [0.25, 0.3) is 0 Å². The molecule has 170 valence electrons. The van der Waals surface area contributed by atoms with Gasteiger partial charge in [0.25, 0.3) is 0 Å². The van der Waals surface area contributed by atoms with Gasteiger partial charge in [-0.1, -0.05) is 13.5 Å². The molecule has 9 nitrogen and oxygen atoms in total. The molecule has 0 unspecified atom stereocenters. The van der Waals surface area contributed by atoms with Crippen molar-refractivity contribution in [2.75, 3.05) is 13.2 Å². The largest absolute Gasteiger partial charge is 0.458 e. The molecule has 0 aromatic rings. The molecule has 0 radical (unpaired) electrons. The van der Waals surface area contributed by atoms with Crippen LogP contribution >= 0.6 is 0 Å². The summed E-state index contributed by atoms with van der Waals surface area (Å²) in [5.41, 5.74) is 0.0204. The Morgan fingerprint density at radius 1 is 1.10 bits per heavy atom. The van der Waals surface area contributed by atoms with Gasteiger partial charge in [-0.25, -0.2) is 4.79 Å². The molecule has 4 aliphatic rings. The summed E-state index contributed by atoms with van der Waals surface area (Å²) in [5, 5.41) is 49.9. The van der Waals surface area contributed by atoms with Crippen molar-refractivity contribution in [1.82, 2.24) is 0 Å². The summed E-state index contributed by atoms with van der Waals surface area (Å²) in [7, 11) is 0. The number of rotatable bonds is 4. The summed E-state index contributed by atoms with van der Waals surface area (Å²) in [6, 6.07) is 0. The molecule has 0 bridgehead atoms. The molecule has 2 saturated carbocycles. The average Bonchev–Trinajstić information content (AvgIpc) is 3.02. The SMILES string of the molecule is C=C1C(=O)O[C@@H]2[C@H]3[C@H](CO)CC[C@@H](O[C@H]4O[C@H](CO)[C@@H](O)[C@H](O)[C@H]4O)[C@]3(C)CC[C@@H]12. The minimum atomic E-state index is -1.51. The Labute approximate surface area is 175 Å². The summed E-state index contributed by atoms with van der Waals surface area (Å²) < 4.78 is 17.4. The first-order valence-electron chi connectivity index (χ1n) is 10.7. The van der Waals surface area contributed by atoms with Crippen LogP contribution in [0.3, 0.4) is 0 Å². The molecule has 2 heterocycles. The molecule has 0 aromatic heterocycles. The molecule has 0 amide bonds. The number of fused-ring (bicyclic) bond motifs is 3. The Bertz CT molecular complexity index is 681. The van der Waals surface area contributed by atoms with Gasteiger partial charge in [-0.3, -0.25) is 0 Å². The first-order valence-corrected chi connectivity index (χ1v) is 10.7. The van der Waals surface area contributed by atoms with Crippen LogP contribution in [0.5, 0.6) is 0 Å². The normalized spacial score (nSPS) is 51.3. The first kappa shape index (κ1) is 22.1. The third-order valence-electron chi connectivity index (χ3n) is 7.88. The van der Waals surface area contributed by atoms with Crippen LogP contribution in [-0.2, 0) is 19.0 Å². The molecule has 5 N–H and O–H groups in total. The van der Waals surface area contributed by atoms with Crippen molar-refractivity contribution >= 4 is 5.97 Å². The van der Waals surface area contributed by atoms with Crippen LogP contribution < -0.4 is 0 Å². The highest BCUT2D eigenvalue weighted by atomic mass is 16.7. The maximum absolute atomic E-state index is 12.1. The van der Waals surface area contributed by atoms with Crippen molar-refractivity contribution in [1.29, 1.82) is 0 Å². The number of aliphatic hydroxyl groups is 5. The Kier molecular flexibility index (Phi) is 6.00. The van der Waals surface area contributed by atoms with E-state index in [2.05, 4.69) is 6.58 Å². The van der Waals surface area contributed by atoms with Crippen LogP contribution in [0.1, 0.15) is 32.6 Å². The third kappa shape index (κ3) is 3.31. The highest BCUT2D eigenvalue weighted by molar-refractivity contribution is 5.90.